The molecule has 2 rings (SSSR count). The van der Waals surface area contributed by atoms with E-state index in [1.807, 2.05) is 24.3 Å². The minimum atomic E-state index is -0.395. The fraction of sp³-hybridized carbons (Fsp3) is 0.250. The average molecular weight is 275 g/mol. The van der Waals surface area contributed by atoms with Crippen LogP contribution in [-0.2, 0) is 6.61 Å². The average Bonchev–Trinajstić information content (AvgIpc) is 2.46. The number of para-hydroxylation sites is 1. The van der Waals surface area contributed by atoms with Gasteiger partial charge >= 0.3 is 0 Å². The Morgan fingerprint density at radius 1 is 1.15 bits per heavy atom. The lowest BCUT2D eigenvalue weighted by atomic mass is 10.1. The predicted molar refractivity (Wildman–Crippen MR) is 76.3 cm³/mol. The van der Waals surface area contributed by atoms with E-state index < -0.39 is 5.82 Å². The highest BCUT2D eigenvalue weighted by atomic mass is 19.1. The Kier molecular flexibility index (Phi) is 4.58. The van der Waals surface area contributed by atoms with E-state index in [0.717, 1.165) is 11.3 Å². The lowest BCUT2D eigenvalue weighted by molar-refractivity contribution is 0.285. The normalized spacial score (nSPS) is 12.0. The maximum absolute atomic E-state index is 13.8. The molecular weight excluding hydrogens is 257 g/mol. The van der Waals surface area contributed by atoms with Crippen LogP contribution >= 0.6 is 0 Å². The molecule has 106 valence electrons. The molecule has 0 saturated heterocycles. The van der Waals surface area contributed by atoms with Crippen LogP contribution in [0.5, 0.6) is 11.5 Å². The Balaban J connectivity index is 2.13. The molecule has 0 heterocycles. The highest BCUT2D eigenvalue weighted by Crippen LogP contribution is 2.27. The Bertz CT molecular complexity index is 567. The van der Waals surface area contributed by atoms with E-state index in [-0.39, 0.29) is 18.4 Å². The summed E-state index contributed by atoms with van der Waals surface area (Å²) in [6.07, 6.45) is 0. The highest BCUT2D eigenvalue weighted by molar-refractivity contribution is 5.37. The number of rotatable bonds is 5. The van der Waals surface area contributed by atoms with Gasteiger partial charge in [0, 0.05) is 11.6 Å². The fourth-order valence-corrected chi connectivity index (χ4v) is 1.91. The van der Waals surface area contributed by atoms with Gasteiger partial charge < -0.3 is 15.2 Å². The molecule has 2 aromatic rings. The smallest absolute Gasteiger partial charge is 0.165 e. The number of methoxy groups -OCH3 is 1. The molecule has 0 spiro atoms. The molecule has 2 N–H and O–H groups in total. The lowest BCUT2D eigenvalue weighted by Crippen LogP contribution is -2.09. The fourth-order valence-electron chi connectivity index (χ4n) is 1.91. The monoisotopic (exact) mass is 275 g/mol. The second-order valence-corrected chi connectivity index (χ2v) is 4.58. The predicted octanol–water partition coefficient (Wildman–Crippen LogP) is 3.43. The number of hydrogen-bond acceptors (Lipinski definition) is 3. The van der Waals surface area contributed by atoms with Crippen LogP contribution in [-0.4, -0.2) is 7.11 Å². The largest absolute Gasteiger partial charge is 0.497 e. The molecular formula is C16H18FNO2. The quantitative estimate of drug-likeness (QED) is 0.909. The number of nitrogens with two attached hydrogens (primary N) is 1. The topological polar surface area (TPSA) is 44.5 Å². The van der Waals surface area contributed by atoms with Crippen LogP contribution in [0.4, 0.5) is 4.39 Å². The Morgan fingerprint density at radius 2 is 1.85 bits per heavy atom. The molecule has 0 saturated carbocycles. The van der Waals surface area contributed by atoms with Crippen LogP contribution in [0.25, 0.3) is 0 Å². The summed E-state index contributed by atoms with van der Waals surface area (Å²) in [6.45, 7) is 2.08. The summed E-state index contributed by atoms with van der Waals surface area (Å²) in [5.41, 5.74) is 7.43. The number of hydrogen-bond donors (Lipinski definition) is 1. The molecule has 2 aromatic carbocycles. The van der Waals surface area contributed by atoms with Gasteiger partial charge in [0.1, 0.15) is 12.4 Å². The molecule has 0 bridgehead atoms. The van der Waals surface area contributed by atoms with Crippen molar-refractivity contribution in [1.29, 1.82) is 0 Å². The molecule has 0 aliphatic rings. The summed E-state index contributed by atoms with van der Waals surface area (Å²) in [4.78, 5) is 0. The second kappa shape index (κ2) is 6.39. The second-order valence-electron chi connectivity index (χ2n) is 4.58. The van der Waals surface area contributed by atoms with E-state index in [4.69, 9.17) is 15.2 Å². The standard InChI is InChI=1S/C16H18FNO2/c1-11(18)14-4-3-5-15(17)16(14)20-10-12-6-8-13(19-2)9-7-12/h3-9,11H,10,18H2,1-2H3/t11-/m1/s1. The van der Waals surface area contributed by atoms with Crippen molar-refractivity contribution in [1.82, 2.24) is 0 Å². The minimum Gasteiger partial charge on any atom is -0.497 e. The Morgan fingerprint density at radius 3 is 2.45 bits per heavy atom. The zero-order valence-corrected chi connectivity index (χ0v) is 11.6. The summed E-state index contributed by atoms with van der Waals surface area (Å²) in [5, 5.41) is 0. The van der Waals surface area contributed by atoms with Gasteiger partial charge in [-0.2, -0.15) is 0 Å². The van der Waals surface area contributed by atoms with Crippen molar-refractivity contribution in [3.63, 3.8) is 0 Å². The first-order valence-electron chi connectivity index (χ1n) is 6.41. The molecule has 3 nitrogen and oxygen atoms in total. The summed E-state index contributed by atoms with van der Waals surface area (Å²) >= 11 is 0. The summed E-state index contributed by atoms with van der Waals surface area (Å²) in [6, 6.07) is 11.9. The van der Waals surface area contributed by atoms with Gasteiger partial charge in [-0.25, -0.2) is 4.39 Å². The van der Waals surface area contributed by atoms with Gasteiger partial charge in [0.05, 0.1) is 7.11 Å². The van der Waals surface area contributed by atoms with Crippen molar-refractivity contribution >= 4 is 0 Å². The van der Waals surface area contributed by atoms with Gasteiger partial charge in [-0.3, -0.25) is 0 Å². The van der Waals surface area contributed by atoms with Crippen LogP contribution in [0.3, 0.4) is 0 Å². The molecule has 20 heavy (non-hydrogen) atoms. The van der Waals surface area contributed by atoms with Crippen LogP contribution in [0, 0.1) is 5.82 Å². The van der Waals surface area contributed by atoms with Gasteiger partial charge in [0.15, 0.2) is 11.6 Å². The van der Waals surface area contributed by atoms with E-state index in [2.05, 4.69) is 0 Å². The van der Waals surface area contributed by atoms with E-state index in [1.165, 1.54) is 6.07 Å². The third-order valence-electron chi connectivity index (χ3n) is 3.03. The van der Waals surface area contributed by atoms with Crippen molar-refractivity contribution in [2.75, 3.05) is 7.11 Å². The SMILES string of the molecule is COc1ccc(COc2c(F)cccc2[C@@H](C)N)cc1. The number of halogens is 1. The Labute approximate surface area is 118 Å². The molecule has 0 aliphatic heterocycles. The van der Waals surface area contributed by atoms with E-state index >= 15 is 0 Å². The summed E-state index contributed by atoms with van der Waals surface area (Å²) in [5.74, 6) is 0.600. The third kappa shape index (κ3) is 3.27. The molecule has 0 aliphatic carbocycles. The molecule has 1 atom stereocenters. The van der Waals surface area contributed by atoms with E-state index in [0.29, 0.717) is 5.56 Å². The minimum absolute atomic E-state index is 0.221. The molecule has 0 fully saturated rings. The third-order valence-corrected chi connectivity index (χ3v) is 3.03. The molecule has 0 amide bonds. The van der Waals surface area contributed by atoms with E-state index in [9.17, 15) is 4.39 Å². The summed E-state index contributed by atoms with van der Waals surface area (Å²) < 4.78 is 24.5. The van der Waals surface area contributed by atoms with Crippen molar-refractivity contribution in [3.05, 3.63) is 59.4 Å². The zero-order valence-electron chi connectivity index (χ0n) is 11.6. The maximum Gasteiger partial charge on any atom is 0.165 e. The highest BCUT2D eigenvalue weighted by Gasteiger charge is 2.13. The number of benzene rings is 2. The molecule has 0 radical (unpaired) electrons. The van der Waals surface area contributed by atoms with Crippen molar-refractivity contribution < 1.29 is 13.9 Å². The first-order valence-corrected chi connectivity index (χ1v) is 6.41. The zero-order chi connectivity index (χ0) is 14.5. The number of ether oxygens (including phenoxy) is 2. The van der Waals surface area contributed by atoms with Crippen LogP contribution in [0.1, 0.15) is 24.1 Å². The van der Waals surface area contributed by atoms with Gasteiger partial charge in [-0.1, -0.05) is 24.3 Å². The van der Waals surface area contributed by atoms with Gasteiger partial charge in [-0.15, -0.1) is 0 Å². The first-order chi connectivity index (χ1) is 9.61. The van der Waals surface area contributed by atoms with Crippen molar-refractivity contribution in [3.8, 4) is 11.5 Å². The summed E-state index contributed by atoms with van der Waals surface area (Å²) in [7, 11) is 1.61. The van der Waals surface area contributed by atoms with Crippen molar-refractivity contribution in [2.24, 2.45) is 5.73 Å². The molecule has 4 heteroatoms. The van der Waals surface area contributed by atoms with Crippen molar-refractivity contribution in [2.45, 2.75) is 19.6 Å². The van der Waals surface area contributed by atoms with Gasteiger partial charge in [-0.05, 0) is 30.7 Å². The first kappa shape index (κ1) is 14.3. The van der Waals surface area contributed by atoms with Crippen LogP contribution < -0.4 is 15.2 Å². The van der Waals surface area contributed by atoms with E-state index in [1.54, 1.807) is 26.2 Å². The maximum atomic E-state index is 13.8. The molecule has 0 unspecified atom stereocenters. The van der Waals surface area contributed by atoms with Gasteiger partial charge in [0.2, 0.25) is 0 Å². The van der Waals surface area contributed by atoms with Gasteiger partial charge in [0.25, 0.3) is 0 Å². The van der Waals surface area contributed by atoms with Crippen LogP contribution in [0.2, 0.25) is 0 Å². The Hall–Kier alpha value is -2.07. The lowest BCUT2D eigenvalue weighted by Gasteiger charge is -2.14. The molecule has 0 aromatic heterocycles. The van der Waals surface area contributed by atoms with Crippen LogP contribution in [0.15, 0.2) is 42.5 Å².